The van der Waals surface area contributed by atoms with E-state index in [-0.39, 0.29) is 6.10 Å². The van der Waals surface area contributed by atoms with Gasteiger partial charge in [0.15, 0.2) is 0 Å². The molecule has 0 atom stereocenters. The van der Waals surface area contributed by atoms with Crippen molar-refractivity contribution in [1.29, 1.82) is 0 Å². The third kappa shape index (κ3) is 4.35. The first-order chi connectivity index (χ1) is 9.97. The number of carbonyl (C=O) groups excluding carboxylic acids is 1. The van der Waals surface area contributed by atoms with E-state index in [4.69, 9.17) is 16.3 Å². The lowest BCUT2D eigenvalue weighted by Crippen LogP contribution is -2.41. The first-order valence-electron chi connectivity index (χ1n) is 7.44. The highest BCUT2D eigenvalue weighted by Crippen LogP contribution is 2.25. The van der Waals surface area contributed by atoms with Crippen LogP contribution in [0.15, 0.2) is 18.2 Å². The molecule has 1 aliphatic heterocycles. The number of amides is 1. The molecule has 1 saturated heterocycles. The molecule has 0 aliphatic carbocycles. The van der Waals surface area contributed by atoms with Gasteiger partial charge in [-0.25, -0.2) is 4.79 Å². The van der Waals surface area contributed by atoms with Crippen molar-refractivity contribution in [2.24, 2.45) is 0 Å². The molecule has 0 aromatic heterocycles. The van der Waals surface area contributed by atoms with E-state index in [9.17, 15) is 4.79 Å². The normalized spacial score (nSPS) is 17.0. The molecule has 0 bridgehead atoms. The summed E-state index contributed by atoms with van der Waals surface area (Å²) in [4.78, 5) is 14.4. The molecule has 0 radical (unpaired) electrons. The number of benzene rings is 1. The zero-order valence-corrected chi connectivity index (χ0v) is 13.6. The fourth-order valence-electron chi connectivity index (χ4n) is 2.58. The molecule has 1 fully saturated rings. The summed E-state index contributed by atoms with van der Waals surface area (Å²) in [5.41, 5.74) is 1.55. The Morgan fingerprint density at radius 3 is 2.62 bits per heavy atom. The highest BCUT2D eigenvalue weighted by atomic mass is 35.5. The van der Waals surface area contributed by atoms with E-state index in [1.54, 1.807) is 6.07 Å². The number of ether oxygens (including phenoxy) is 1. The highest BCUT2D eigenvalue weighted by molar-refractivity contribution is 6.33. The molecular formula is C16H23ClN2O2. The summed E-state index contributed by atoms with van der Waals surface area (Å²) >= 11 is 6.09. The topological polar surface area (TPSA) is 41.6 Å². The quantitative estimate of drug-likeness (QED) is 0.915. The van der Waals surface area contributed by atoms with Crippen molar-refractivity contribution in [2.75, 3.05) is 18.4 Å². The molecule has 0 saturated carbocycles. The first-order valence-corrected chi connectivity index (χ1v) is 7.82. The summed E-state index contributed by atoms with van der Waals surface area (Å²) in [7, 11) is 0. The van der Waals surface area contributed by atoms with E-state index >= 15 is 0 Å². The lowest BCUT2D eigenvalue weighted by atomic mass is 10.1. The van der Waals surface area contributed by atoms with Gasteiger partial charge in [0.1, 0.15) is 6.10 Å². The Morgan fingerprint density at radius 2 is 2.05 bits per heavy atom. The Balaban J connectivity index is 1.86. The van der Waals surface area contributed by atoms with Crippen molar-refractivity contribution >= 4 is 23.4 Å². The second kappa shape index (κ2) is 7.14. The van der Waals surface area contributed by atoms with Gasteiger partial charge in [-0.05, 0) is 45.2 Å². The summed E-state index contributed by atoms with van der Waals surface area (Å²) < 4.78 is 5.50. The Labute approximate surface area is 131 Å². The molecule has 2 rings (SSSR count). The second-order valence-corrected chi connectivity index (χ2v) is 6.20. The molecule has 116 valence electrons. The van der Waals surface area contributed by atoms with Gasteiger partial charge in [-0.3, -0.25) is 5.32 Å². The van der Waals surface area contributed by atoms with Gasteiger partial charge in [-0.1, -0.05) is 23.7 Å². The van der Waals surface area contributed by atoms with Gasteiger partial charge in [0.2, 0.25) is 0 Å². The zero-order valence-electron chi connectivity index (χ0n) is 12.9. The molecule has 5 heteroatoms. The number of anilines is 1. The molecule has 21 heavy (non-hydrogen) atoms. The van der Waals surface area contributed by atoms with Gasteiger partial charge in [-0.15, -0.1) is 0 Å². The molecule has 1 amide bonds. The van der Waals surface area contributed by atoms with Crippen molar-refractivity contribution in [2.45, 2.75) is 45.8 Å². The minimum absolute atomic E-state index is 0.0113. The maximum atomic E-state index is 12.0. The molecule has 1 N–H and O–H groups in total. The SMILES string of the molecule is Cc1cccc(Cl)c1NC(=O)OC1CCN(C(C)C)CC1. The van der Waals surface area contributed by atoms with Gasteiger partial charge in [-0.2, -0.15) is 0 Å². The first kappa shape index (κ1) is 16.1. The highest BCUT2D eigenvalue weighted by Gasteiger charge is 2.23. The van der Waals surface area contributed by atoms with E-state index in [1.807, 2.05) is 19.1 Å². The van der Waals surface area contributed by atoms with Crippen molar-refractivity contribution in [1.82, 2.24) is 4.90 Å². The van der Waals surface area contributed by atoms with E-state index < -0.39 is 6.09 Å². The van der Waals surface area contributed by atoms with Gasteiger partial charge in [0.05, 0.1) is 10.7 Å². The number of likely N-dealkylation sites (tertiary alicyclic amines) is 1. The van der Waals surface area contributed by atoms with Gasteiger partial charge < -0.3 is 9.64 Å². The lowest BCUT2D eigenvalue weighted by molar-refractivity contribution is 0.0497. The summed E-state index contributed by atoms with van der Waals surface area (Å²) in [5.74, 6) is 0. The second-order valence-electron chi connectivity index (χ2n) is 5.79. The predicted octanol–water partition coefficient (Wildman–Crippen LogP) is 4.07. The van der Waals surface area contributed by atoms with Gasteiger partial charge in [0.25, 0.3) is 0 Å². The fourth-order valence-corrected chi connectivity index (χ4v) is 2.85. The smallest absolute Gasteiger partial charge is 0.411 e. The maximum Gasteiger partial charge on any atom is 0.411 e. The number of para-hydroxylation sites is 1. The van der Waals surface area contributed by atoms with Crippen LogP contribution in [0.4, 0.5) is 10.5 Å². The van der Waals surface area contributed by atoms with Crippen molar-refractivity contribution in [3.63, 3.8) is 0 Å². The third-order valence-electron chi connectivity index (χ3n) is 3.93. The standard InChI is InChI=1S/C16H23ClN2O2/c1-11(2)19-9-7-13(8-10-19)21-16(20)18-15-12(3)5-4-6-14(15)17/h4-6,11,13H,7-10H2,1-3H3,(H,18,20). The van der Waals surface area contributed by atoms with E-state index in [0.29, 0.717) is 16.8 Å². The van der Waals surface area contributed by atoms with E-state index in [2.05, 4.69) is 24.1 Å². The summed E-state index contributed by atoms with van der Waals surface area (Å²) in [6.07, 6.45) is 1.33. The van der Waals surface area contributed by atoms with E-state index in [1.165, 1.54) is 0 Å². The number of rotatable bonds is 3. The Kier molecular flexibility index (Phi) is 5.48. The Hall–Kier alpha value is -1.26. The molecule has 0 unspecified atom stereocenters. The number of hydrogen-bond donors (Lipinski definition) is 1. The molecule has 1 aliphatic rings. The van der Waals surface area contributed by atoms with Crippen LogP contribution in [0.5, 0.6) is 0 Å². The van der Waals surface area contributed by atoms with Crippen LogP contribution in [0.25, 0.3) is 0 Å². The number of carbonyl (C=O) groups is 1. The summed E-state index contributed by atoms with van der Waals surface area (Å²) in [5, 5.41) is 3.28. The van der Waals surface area contributed by atoms with Gasteiger partial charge >= 0.3 is 6.09 Å². The van der Waals surface area contributed by atoms with Crippen LogP contribution >= 0.6 is 11.6 Å². The minimum Gasteiger partial charge on any atom is -0.446 e. The molecule has 1 heterocycles. The Bertz CT molecular complexity index is 477. The largest absolute Gasteiger partial charge is 0.446 e. The van der Waals surface area contributed by atoms with Crippen LogP contribution in [0.2, 0.25) is 5.02 Å². The average Bonchev–Trinajstić information content (AvgIpc) is 2.43. The maximum absolute atomic E-state index is 12.0. The van der Waals surface area contributed by atoms with Crippen LogP contribution in [-0.2, 0) is 4.74 Å². The fraction of sp³-hybridized carbons (Fsp3) is 0.562. The minimum atomic E-state index is -0.422. The number of halogens is 1. The number of piperidine rings is 1. The van der Waals surface area contributed by atoms with Crippen LogP contribution in [-0.4, -0.2) is 36.2 Å². The number of aryl methyl sites for hydroxylation is 1. The van der Waals surface area contributed by atoms with Crippen LogP contribution in [0.1, 0.15) is 32.3 Å². The van der Waals surface area contributed by atoms with Crippen LogP contribution < -0.4 is 5.32 Å². The monoisotopic (exact) mass is 310 g/mol. The molecule has 0 spiro atoms. The zero-order chi connectivity index (χ0) is 15.4. The molecular weight excluding hydrogens is 288 g/mol. The van der Waals surface area contributed by atoms with Crippen LogP contribution in [0.3, 0.4) is 0 Å². The Morgan fingerprint density at radius 1 is 1.38 bits per heavy atom. The summed E-state index contributed by atoms with van der Waals surface area (Å²) in [6, 6.07) is 6.06. The van der Waals surface area contributed by atoms with Gasteiger partial charge in [0, 0.05) is 19.1 Å². The molecule has 1 aromatic carbocycles. The molecule has 1 aromatic rings. The predicted molar refractivity (Wildman–Crippen MR) is 86.0 cm³/mol. The number of nitrogens with zero attached hydrogens (tertiary/aromatic N) is 1. The third-order valence-corrected chi connectivity index (χ3v) is 4.24. The number of nitrogens with one attached hydrogen (secondary N) is 1. The lowest BCUT2D eigenvalue weighted by Gasteiger charge is -2.34. The van der Waals surface area contributed by atoms with Crippen molar-refractivity contribution in [3.05, 3.63) is 28.8 Å². The average molecular weight is 311 g/mol. The van der Waals surface area contributed by atoms with Crippen LogP contribution in [0, 0.1) is 6.92 Å². The molecule has 4 nitrogen and oxygen atoms in total. The van der Waals surface area contributed by atoms with Crippen molar-refractivity contribution in [3.8, 4) is 0 Å². The van der Waals surface area contributed by atoms with E-state index in [0.717, 1.165) is 31.5 Å². The number of hydrogen-bond acceptors (Lipinski definition) is 3. The summed E-state index contributed by atoms with van der Waals surface area (Å²) in [6.45, 7) is 8.23. The van der Waals surface area contributed by atoms with Crippen molar-refractivity contribution < 1.29 is 9.53 Å².